The fraction of sp³-hybridized carbons (Fsp3) is 0.934. The van der Waals surface area contributed by atoms with E-state index in [1.54, 1.807) is 0 Å². The number of aliphatic hydroxyl groups excluding tert-OH is 23. The minimum absolute atomic E-state index is 0.793. The zero-order valence-corrected chi connectivity index (χ0v) is 58.9. The van der Waals surface area contributed by atoms with Crippen LogP contribution in [0.15, 0.2) is 0 Å². The monoisotopic (exact) mass is 1590 g/mol. The molecule has 0 unspecified atom stereocenters. The summed E-state index contributed by atoms with van der Waals surface area (Å²) in [5.41, 5.74) is 0. The van der Waals surface area contributed by atoms with E-state index in [1.165, 1.54) is 6.92 Å². The zero-order chi connectivity index (χ0) is 80.2. The minimum atomic E-state index is -2.47. The van der Waals surface area contributed by atoms with Crippen molar-refractivity contribution in [1.29, 1.82) is 0 Å². The topological polar surface area (TPSA) is 739 Å². The van der Waals surface area contributed by atoms with Gasteiger partial charge in [-0.1, -0.05) is 0 Å². The maximum absolute atomic E-state index is 13.3. The standard InChI is InChI=1S/C61H102N4O44/c1-14-31(77)39(85)43(89)58(94-14)107-50-30(65-18(5)76)53(92)95-25(12-72)49(50)106-56-29(64-17(4)75)38(84)46(22(9-69)99-56)105-61-52(109-59-42(88)34(80)21(8-68)98-59)51(108-60-45(91)41(87)48(24(11-71)101-60)104-55-28(63-16(3)74)37(83)33(79)20(7-67)97-55)35(81)26(102-61)13-93-57-44(90)40(86)47(23(10-70)100-57)103-54-27(62-15(2)73)36(82)32(78)19(6-66)96-54/h14,19-61,66-72,77-92H,6-13H2,1-5H3,(H,62,73)(H,63,74)(H,64,75)(H,65,76)/t14-,19+,20+,21+,22+,23+,24+,25+,26+,27+,28+,29+,30+,31+,32+,33+,34-,35+,36+,37+,38+,39+,40+,41+,42+,43-,44-,45-,46+,47+,48+,49+,50+,51-,52-,53+,54-,55-,56-,57-,58-,59-,60+,61-/m0/s1. The van der Waals surface area contributed by atoms with Gasteiger partial charge in [0, 0.05) is 27.7 Å². The van der Waals surface area contributed by atoms with Gasteiger partial charge in [-0.25, -0.2) is 0 Å². The molecule has 9 saturated heterocycles. The number of rotatable bonds is 28. The van der Waals surface area contributed by atoms with Crippen LogP contribution in [0.2, 0.25) is 0 Å². The molecule has 0 aromatic rings. The van der Waals surface area contributed by atoms with Crippen LogP contribution < -0.4 is 21.3 Å². The fourth-order valence-electron chi connectivity index (χ4n) is 14.2. The molecule has 0 radical (unpaired) electrons. The molecule has 9 fully saturated rings. The van der Waals surface area contributed by atoms with Gasteiger partial charge in [-0.3, -0.25) is 19.2 Å². The summed E-state index contributed by atoms with van der Waals surface area (Å²) in [5, 5.41) is 265. The third-order valence-electron chi connectivity index (χ3n) is 20.0. The molecule has 0 saturated carbocycles. The van der Waals surface area contributed by atoms with Gasteiger partial charge in [-0.05, 0) is 6.92 Å². The highest BCUT2D eigenvalue weighted by Crippen LogP contribution is 2.41. The highest BCUT2D eigenvalue weighted by Gasteiger charge is 2.61. The quantitative estimate of drug-likeness (QED) is 0.0346. The number of aliphatic hydroxyl groups is 23. The van der Waals surface area contributed by atoms with E-state index in [2.05, 4.69) is 21.3 Å². The molecule has 0 spiro atoms. The lowest BCUT2D eigenvalue weighted by atomic mass is 9.93. The largest absolute Gasteiger partial charge is 0.394 e. The third kappa shape index (κ3) is 19.7. The summed E-state index contributed by atoms with van der Waals surface area (Å²) in [4.78, 5) is 50.6. The number of carbonyl (C=O) groups is 4. The summed E-state index contributed by atoms with van der Waals surface area (Å²) >= 11 is 0. The summed E-state index contributed by atoms with van der Waals surface area (Å²) in [5.74, 6) is -3.44. The predicted octanol–water partition coefficient (Wildman–Crippen LogP) is -18.4. The van der Waals surface area contributed by atoms with Gasteiger partial charge in [0.1, 0.15) is 207 Å². The van der Waals surface area contributed by atoms with Crippen molar-refractivity contribution in [3.63, 3.8) is 0 Å². The van der Waals surface area contributed by atoms with Crippen molar-refractivity contribution in [3.05, 3.63) is 0 Å². The zero-order valence-electron chi connectivity index (χ0n) is 58.9. The molecule has 0 aliphatic carbocycles. The van der Waals surface area contributed by atoms with Gasteiger partial charge >= 0.3 is 0 Å². The molecule has 9 rings (SSSR count). The molecule has 0 bridgehead atoms. The number of nitrogens with one attached hydrogen (secondary N) is 4. The Kier molecular flexibility index (Phi) is 31.8. The van der Waals surface area contributed by atoms with E-state index in [9.17, 15) is 137 Å². The van der Waals surface area contributed by atoms with Gasteiger partial charge in [0.25, 0.3) is 0 Å². The second-order valence-corrected chi connectivity index (χ2v) is 27.7. The van der Waals surface area contributed by atoms with E-state index >= 15 is 0 Å². The Balaban J connectivity index is 1.07. The SMILES string of the molecule is CC(=O)N[C@@H]1[C@@H](O[C@@H]2O[C@@H](C)[C@@H](O)[C@@H](O)[C@@H]2O)[C@H](O[C@@H]2O[C@H](CO)[C@@H](O[C@@H]3O[C@H](CO[C@H]4O[C@H](CO)[C@@H](O[C@@H]5O[C@H](CO)[C@@H](O)[C@H](O)[C@H]5NC(C)=O)[C@H](O)[C@@H]4O)[C@@H](O)[C@H](O[C@H]4O[C@H](CO)[C@@H](O[C@@H]5O[C@H](CO)[C@@H](O)[C@H](O)[C@H]5NC(C)=O)[C@H](O)[C@@H]4O)[C@@H]3O[C@@H]3O[C@H](CO)[C@H](O)[C@H]3O)[C@H](O)[C@H]2NC(C)=O)[C@@H](CO)O[C@H]1O. The van der Waals surface area contributed by atoms with Crippen molar-refractivity contribution in [1.82, 2.24) is 21.3 Å². The van der Waals surface area contributed by atoms with E-state index in [4.69, 9.17) is 80.5 Å². The molecule has 0 aromatic heterocycles. The normalized spacial score (nSPS) is 49.1. The van der Waals surface area contributed by atoms with E-state index in [0.717, 1.165) is 27.7 Å². The Morgan fingerprint density at radius 3 is 1.02 bits per heavy atom. The van der Waals surface area contributed by atoms with Gasteiger partial charge in [-0.15, -0.1) is 0 Å². The molecule has 0 aromatic carbocycles. The molecular formula is C61H102N4O44. The van der Waals surface area contributed by atoms with Crippen LogP contribution in [0.1, 0.15) is 34.6 Å². The average molecular weight is 1600 g/mol. The summed E-state index contributed by atoms with van der Waals surface area (Å²) < 4.78 is 102. The average Bonchev–Trinajstić information content (AvgIpc) is 1.17. The molecule has 9 heterocycles. The van der Waals surface area contributed by atoms with Crippen LogP contribution in [0.3, 0.4) is 0 Å². The lowest BCUT2D eigenvalue weighted by molar-refractivity contribution is -0.403. The Labute approximate surface area is 618 Å². The first-order chi connectivity index (χ1) is 51.6. The van der Waals surface area contributed by atoms with E-state index in [0.29, 0.717) is 0 Å². The molecule has 109 heavy (non-hydrogen) atoms. The molecular weight excluding hydrogens is 1490 g/mol. The lowest BCUT2D eigenvalue weighted by Crippen LogP contribution is -2.71. The summed E-state index contributed by atoms with van der Waals surface area (Å²) in [7, 11) is 0. The Morgan fingerprint density at radius 1 is 0.257 bits per heavy atom. The number of hydrogen-bond acceptors (Lipinski definition) is 44. The van der Waals surface area contributed by atoms with Gasteiger partial charge in [0.05, 0.1) is 59.0 Å². The molecule has 9 aliphatic heterocycles. The summed E-state index contributed by atoms with van der Waals surface area (Å²) in [6, 6.07) is -7.10. The second-order valence-electron chi connectivity index (χ2n) is 27.7. The highest BCUT2D eigenvalue weighted by atomic mass is 16.8. The first-order valence-corrected chi connectivity index (χ1v) is 34.9. The van der Waals surface area contributed by atoms with Crippen LogP contribution >= 0.6 is 0 Å². The van der Waals surface area contributed by atoms with Crippen molar-refractivity contribution in [2.75, 3.05) is 52.9 Å². The summed E-state index contributed by atoms with van der Waals surface area (Å²) in [6.07, 6.45) is -81.0. The molecule has 630 valence electrons. The Hall–Kier alpha value is -3.72. The summed E-state index contributed by atoms with van der Waals surface area (Å²) in [6.45, 7) is -3.43. The lowest BCUT2D eigenvalue weighted by Gasteiger charge is -2.52. The van der Waals surface area contributed by atoms with Crippen molar-refractivity contribution in [2.45, 2.75) is 305 Å². The molecule has 9 aliphatic rings. The van der Waals surface area contributed by atoms with Crippen LogP contribution in [-0.4, -0.2) is 464 Å². The predicted molar refractivity (Wildman–Crippen MR) is 336 cm³/mol. The molecule has 27 N–H and O–H groups in total. The minimum Gasteiger partial charge on any atom is -0.394 e. The first kappa shape index (κ1) is 89.2. The first-order valence-electron chi connectivity index (χ1n) is 34.9. The van der Waals surface area contributed by atoms with Crippen LogP contribution in [-0.2, 0) is 99.7 Å². The van der Waals surface area contributed by atoms with Gasteiger partial charge in [-0.2, -0.15) is 0 Å². The van der Waals surface area contributed by atoms with Crippen molar-refractivity contribution in [2.24, 2.45) is 0 Å². The number of amides is 4. The van der Waals surface area contributed by atoms with Gasteiger partial charge < -0.3 is 219 Å². The molecule has 48 nitrogen and oxygen atoms in total. The maximum atomic E-state index is 13.3. The highest BCUT2D eigenvalue weighted by molar-refractivity contribution is 5.74. The fourth-order valence-corrected chi connectivity index (χ4v) is 14.2. The van der Waals surface area contributed by atoms with Gasteiger partial charge in [0.2, 0.25) is 23.6 Å². The van der Waals surface area contributed by atoms with E-state index in [-0.39, 0.29) is 0 Å². The molecule has 4 amide bonds. The number of hydrogen-bond donors (Lipinski definition) is 27. The smallest absolute Gasteiger partial charge is 0.217 e. The van der Waals surface area contributed by atoms with E-state index < -0.39 is 346 Å². The van der Waals surface area contributed by atoms with Crippen molar-refractivity contribution in [3.8, 4) is 0 Å². The number of ether oxygens (including phenoxy) is 17. The van der Waals surface area contributed by atoms with Crippen LogP contribution in [0.25, 0.3) is 0 Å². The Bertz CT molecular complexity index is 2890. The van der Waals surface area contributed by atoms with Crippen molar-refractivity contribution < 1.29 is 217 Å². The number of carbonyl (C=O) groups excluding carboxylic acids is 4. The molecule has 48 heteroatoms. The third-order valence-corrected chi connectivity index (χ3v) is 20.0. The van der Waals surface area contributed by atoms with Gasteiger partial charge in [0.15, 0.2) is 56.6 Å². The maximum Gasteiger partial charge on any atom is 0.217 e. The molecule has 44 atom stereocenters. The Morgan fingerprint density at radius 2 is 0.560 bits per heavy atom. The second kappa shape index (κ2) is 38.8. The van der Waals surface area contributed by atoms with Crippen LogP contribution in [0, 0.1) is 0 Å². The van der Waals surface area contributed by atoms with E-state index in [1.807, 2.05) is 0 Å². The van der Waals surface area contributed by atoms with Crippen molar-refractivity contribution >= 4 is 23.6 Å². The van der Waals surface area contributed by atoms with Crippen LogP contribution in [0.5, 0.6) is 0 Å². The van der Waals surface area contributed by atoms with Crippen LogP contribution in [0.4, 0.5) is 0 Å².